The zero-order chi connectivity index (χ0) is 21.5. The third kappa shape index (κ3) is 8.66. The highest BCUT2D eigenvalue weighted by Gasteiger charge is 2.23. The van der Waals surface area contributed by atoms with Crippen LogP contribution in [0.1, 0.15) is 20.3 Å². The lowest BCUT2D eigenvalue weighted by Crippen LogP contribution is -2.38. The molecular formula is C17H28N4O7. The van der Waals surface area contributed by atoms with Crippen molar-refractivity contribution < 1.29 is 33.4 Å². The van der Waals surface area contributed by atoms with Crippen molar-refractivity contribution in [1.29, 1.82) is 0 Å². The monoisotopic (exact) mass is 400 g/mol. The van der Waals surface area contributed by atoms with Crippen molar-refractivity contribution in [3.05, 3.63) is 18.2 Å². The Labute approximate surface area is 163 Å². The molecule has 5 N–H and O–H groups in total. The number of amides is 1. The van der Waals surface area contributed by atoms with Gasteiger partial charge in [0, 0.05) is 19.0 Å². The second kappa shape index (κ2) is 14.2. The van der Waals surface area contributed by atoms with Crippen LogP contribution in [0.25, 0.3) is 0 Å². The van der Waals surface area contributed by atoms with Gasteiger partial charge in [0.15, 0.2) is 11.5 Å². The van der Waals surface area contributed by atoms with E-state index in [1.807, 2.05) is 13.8 Å². The summed E-state index contributed by atoms with van der Waals surface area (Å²) in [6.07, 6.45) is 0.345. The third-order valence-corrected chi connectivity index (χ3v) is 2.93. The van der Waals surface area contributed by atoms with Gasteiger partial charge in [-0.2, -0.15) is 5.43 Å². The number of nitrogens with two attached hydrogens (primary N) is 2. The molecule has 0 saturated carbocycles. The second-order valence-electron chi connectivity index (χ2n) is 4.71. The summed E-state index contributed by atoms with van der Waals surface area (Å²) in [6, 6.07) is 4.82. The summed E-state index contributed by atoms with van der Waals surface area (Å²) in [5, 5.41) is 0.815. The van der Waals surface area contributed by atoms with E-state index in [0.717, 1.165) is 5.17 Å². The van der Waals surface area contributed by atoms with Gasteiger partial charge >= 0.3 is 11.9 Å². The molecule has 1 amide bonds. The van der Waals surface area contributed by atoms with Gasteiger partial charge in [0.05, 0.1) is 27.3 Å². The van der Waals surface area contributed by atoms with Crippen LogP contribution in [0.4, 0.5) is 0 Å². The standard InChI is InChI=1S/C10H13NO4.C5H9N3O3.C2H6/c1-13-8-4-3-7(5-9(8)14-2)15-10(12)6-11;6-3-5(10)11-8-4(9)1-2-7-8;1-2/h3-5H,6,11H2,1-2H3;7H,1-3,6H2;1-2H3. The summed E-state index contributed by atoms with van der Waals surface area (Å²) in [5.41, 5.74) is 12.6. The fraction of sp³-hybridized carbons (Fsp3) is 0.471. The molecule has 0 radical (unpaired) electrons. The van der Waals surface area contributed by atoms with E-state index in [1.165, 1.54) is 14.2 Å². The maximum atomic E-state index is 10.9. The Kier molecular flexibility index (Phi) is 12.7. The number of nitrogens with one attached hydrogen (secondary N) is 1. The molecule has 11 nitrogen and oxygen atoms in total. The van der Waals surface area contributed by atoms with Gasteiger partial charge in [-0.05, 0) is 12.1 Å². The highest BCUT2D eigenvalue weighted by atomic mass is 16.7. The lowest BCUT2D eigenvalue weighted by molar-refractivity contribution is -0.202. The van der Waals surface area contributed by atoms with E-state index < -0.39 is 11.9 Å². The number of hydrogen-bond acceptors (Lipinski definition) is 10. The second-order valence-corrected chi connectivity index (χ2v) is 4.71. The number of benzene rings is 1. The minimum atomic E-state index is -0.632. The summed E-state index contributed by atoms with van der Waals surface area (Å²) in [5.74, 6) is 0.0646. The van der Waals surface area contributed by atoms with Gasteiger partial charge in [-0.1, -0.05) is 19.0 Å². The van der Waals surface area contributed by atoms with Gasteiger partial charge in [-0.3, -0.25) is 9.59 Å². The van der Waals surface area contributed by atoms with Gasteiger partial charge < -0.3 is 30.5 Å². The van der Waals surface area contributed by atoms with E-state index in [9.17, 15) is 14.4 Å². The maximum Gasteiger partial charge on any atom is 0.347 e. The molecule has 0 aromatic heterocycles. The molecule has 1 saturated heterocycles. The molecule has 0 spiro atoms. The van der Waals surface area contributed by atoms with Gasteiger partial charge in [-0.15, -0.1) is 0 Å². The quantitative estimate of drug-likeness (QED) is 0.429. The van der Waals surface area contributed by atoms with Gasteiger partial charge in [0.2, 0.25) is 0 Å². The smallest absolute Gasteiger partial charge is 0.347 e. The third-order valence-electron chi connectivity index (χ3n) is 2.93. The van der Waals surface area contributed by atoms with Crippen LogP contribution in [0.5, 0.6) is 17.2 Å². The molecule has 1 aromatic rings. The lowest BCUT2D eigenvalue weighted by atomic mass is 10.3. The number of carbonyl (C=O) groups excluding carboxylic acids is 3. The van der Waals surface area contributed by atoms with E-state index >= 15 is 0 Å². The molecule has 28 heavy (non-hydrogen) atoms. The zero-order valence-electron chi connectivity index (χ0n) is 16.5. The fourth-order valence-corrected chi connectivity index (χ4v) is 1.73. The van der Waals surface area contributed by atoms with Crippen molar-refractivity contribution in [3.8, 4) is 17.2 Å². The lowest BCUT2D eigenvalue weighted by Gasteiger charge is -2.12. The number of rotatable bonds is 6. The van der Waals surface area contributed by atoms with Gasteiger partial charge in [0.25, 0.3) is 5.91 Å². The summed E-state index contributed by atoms with van der Waals surface area (Å²) in [6.45, 7) is 4.11. The normalized spacial score (nSPS) is 12.1. The van der Waals surface area contributed by atoms with Crippen molar-refractivity contribution in [2.75, 3.05) is 33.9 Å². The molecule has 0 bridgehead atoms. The molecular weight excluding hydrogens is 372 g/mol. The first-order chi connectivity index (χ1) is 13.4. The Morgan fingerprint density at radius 2 is 1.68 bits per heavy atom. The van der Waals surface area contributed by atoms with Crippen LogP contribution in [0.15, 0.2) is 18.2 Å². The van der Waals surface area contributed by atoms with Crippen LogP contribution in [0.2, 0.25) is 0 Å². The van der Waals surface area contributed by atoms with Crippen LogP contribution >= 0.6 is 0 Å². The first kappa shape index (κ1) is 25.1. The first-order valence-corrected chi connectivity index (χ1v) is 8.55. The van der Waals surface area contributed by atoms with E-state index in [-0.39, 0.29) is 19.0 Å². The Balaban J connectivity index is 0.000000497. The van der Waals surface area contributed by atoms with Crippen molar-refractivity contribution in [2.45, 2.75) is 20.3 Å². The highest BCUT2D eigenvalue weighted by molar-refractivity contribution is 5.79. The predicted octanol–water partition coefficient (Wildman–Crippen LogP) is -0.266. The Morgan fingerprint density at radius 3 is 2.14 bits per heavy atom. The van der Waals surface area contributed by atoms with Crippen LogP contribution in [-0.2, 0) is 19.2 Å². The Morgan fingerprint density at radius 1 is 1.07 bits per heavy atom. The molecule has 0 aliphatic carbocycles. The van der Waals surface area contributed by atoms with Crippen LogP contribution in [0, 0.1) is 0 Å². The summed E-state index contributed by atoms with van der Waals surface area (Å²) >= 11 is 0. The Hall–Kier alpha value is -2.89. The van der Waals surface area contributed by atoms with Gasteiger partial charge in [-0.25, -0.2) is 4.79 Å². The molecule has 2 rings (SSSR count). The Bertz CT molecular complexity index is 640. The van der Waals surface area contributed by atoms with Crippen molar-refractivity contribution in [2.24, 2.45) is 11.5 Å². The van der Waals surface area contributed by atoms with E-state index in [2.05, 4.69) is 10.3 Å². The molecule has 158 valence electrons. The largest absolute Gasteiger partial charge is 0.493 e. The van der Waals surface area contributed by atoms with E-state index in [0.29, 0.717) is 30.2 Å². The minimum Gasteiger partial charge on any atom is -0.493 e. The van der Waals surface area contributed by atoms with E-state index in [4.69, 9.17) is 25.7 Å². The predicted molar refractivity (Wildman–Crippen MR) is 100 cm³/mol. The molecule has 0 unspecified atom stereocenters. The zero-order valence-corrected chi connectivity index (χ0v) is 16.5. The maximum absolute atomic E-state index is 10.9. The number of carbonyl (C=O) groups is 3. The number of ether oxygens (including phenoxy) is 3. The average molecular weight is 400 g/mol. The number of methoxy groups -OCH3 is 2. The number of esters is 1. The molecule has 1 aromatic carbocycles. The van der Waals surface area contributed by atoms with Crippen molar-refractivity contribution in [1.82, 2.24) is 10.6 Å². The highest BCUT2D eigenvalue weighted by Crippen LogP contribution is 2.30. The SMILES string of the molecule is CC.COc1ccc(OC(=O)CN)cc1OC.NCC(=O)ON1NCCC1=O. The number of hydroxylamine groups is 1. The molecule has 11 heteroatoms. The van der Waals surface area contributed by atoms with Crippen LogP contribution in [-0.4, -0.2) is 56.9 Å². The minimum absolute atomic E-state index is 0.158. The fourth-order valence-electron chi connectivity index (χ4n) is 1.73. The summed E-state index contributed by atoms with van der Waals surface area (Å²) in [4.78, 5) is 36.7. The first-order valence-electron chi connectivity index (χ1n) is 8.55. The molecule has 1 fully saturated rings. The number of hydrazine groups is 1. The van der Waals surface area contributed by atoms with Crippen LogP contribution in [0.3, 0.4) is 0 Å². The molecule has 1 aliphatic heterocycles. The van der Waals surface area contributed by atoms with Crippen molar-refractivity contribution in [3.63, 3.8) is 0 Å². The molecule has 1 heterocycles. The topological polar surface area (TPSA) is 155 Å². The number of hydrogen-bond donors (Lipinski definition) is 3. The average Bonchev–Trinajstić information content (AvgIpc) is 3.13. The van der Waals surface area contributed by atoms with E-state index in [1.54, 1.807) is 18.2 Å². The molecule has 1 aliphatic rings. The number of nitrogens with zero attached hydrogens (tertiary/aromatic N) is 1. The van der Waals surface area contributed by atoms with Crippen molar-refractivity contribution >= 4 is 17.8 Å². The molecule has 0 atom stereocenters. The summed E-state index contributed by atoms with van der Waals surface area (Å²) < 4.78 is 15.0. The summed E-state index contributed by atoms with van der Waals surface area (Å²) in [7, 11) is 3.04. The van der Waals surface area contributed by atoms with Crippen LogP contribution < -0.4 is 31.1 Å². The van der Waals surface area contributed by atoms with Gasteiger partial charge in [0.1, 0.15) is 5.75 Å².